The number of carbonyl (C=O) groups is 1. The molecule has 1 amide bonds. The van der Waals surface area contributed by atoms with Crippen LogP contribution in [0.2, 0.25) is 0 Å². The van der Waals surface area contributed by atoms with Gasteiger partial charge in [-0.15, -0.1) is 10.2 Å². The van der Waals surface area contributed by atoms with Crippen molar-refractivity contribution in [3.63, 3.8) is 0 Å². The first-order valence-corrected chi connectivity index (χ1v) is 8.79. The van der Waals surface area contributed by atoms with E-state index >= 15 is 0 Å². The Morgan fingerprint density at radius 1 is 1.19 bits per heavy atom. The Labute approximate surface area is 158 Å². The predicted octanol–water partition coefficient (Wildman–Crippen LogP) is 3.42. The van der Waals surface area contributed by atoms with Crippen molar-refractivity contribution in [1.82, 2.24) is 20.2 Å². The summed E-state index contributed by atoms with van der Waals surface area (Å²) in [6.45, 7) is 6.20. The van der Waals surface area contributed by atoms with E-state index in [-0.39, 0.29) is 12.5 Å². The highest BCUT2D eigenvalue weighted by Crippen LogP contribution is 2.25. The van der Waals surface area contributed by atoms with Gasteiger partial charge in [0.2, 0.25) is 11.7 Å². The number of aryl methyl sites for hydroxylation is 1. The number of ether oxygens (including phenoxy) is 1. The van der Waals surface area contributed by atoms with Gasteiger partial charge < -0.3 is 10.1 Å². The molecule has 0 aliphatic carbocycles. The summed E-state index contributed by atoms with van der Waals surface area (Å²) in [4.78, 5) is 13.6. The van der Waals surface area contributed by atoms with Gasteiger partial charge in [-0.1, -0.05) is 44.2 Å². The van der Waals surface area contributed by atoms with E-state index in [1.165, 1.54) is 10.4 Å². The summed E-state index contributed by atoms with van der Waals surface area (Å²) in [5.41, 5.74) is 3.76. The van der Waals surface area contributed by atoms with Gasteiger partial charge in [0, 0.05) is 5.56 Å². The summed E-state index contributed by atoms with van der Waals surface area (Å²) < 4.78 is 5.27. The van der Waals surface area contributed by atoms with Crippen LogP contribution in [0.3, 0.4) is 0 Å². The van der Waals surface area contributed by atoms with Gasteiger partial charge in [-0.25, -0.2) is 0 Å². The smallest absolute Gasteiger partial charge is 0.248 e. The second-order valence-electron chi connectivity index (χ2n) is 6.67. The van der Waals surface area contributed by atoms with Crippen LogP contribution in [-0.2, 0) is 11.3 Å². The Kier molecular flexibility index (Phi) is 5.49. The maximum Gasteiger partial charge on any atom is 0.248 e. The molecule has 0 fully saturated rings. The van der Waals surface area contributed by atoms with Crippen molar-refractivity contribution in [2.24, 2.45) is 0 Å². The molecule has 7 nitrogen and oxygen atoms in total. The zero-order valence-electron chi connectivity index (χ0n) is 15.9. The van der Waals surface area contributed by atoms with Gasteiger partial charge >= 0.3 is 0 Å². The largest absolute Gasteiger partial charge is 0.495 e. The van der Waals surface area contributed by atoms with E-state index < -0.39 is 0 Å². The van der Waals surface area contributed by atoms with Crippen LogP contribution in [0, 0.1) is 6.92 Å². The number of rotatable bonds is 6. The first-order valence-electron chi connectivity index (χ1n) is 8.79. The maximum absolute atomic E-state index is 12.3. The van der Waals surface area contributed by atoms with Gasteiger partial charge in [0.05, 0.1) is 12.8 Å². The third-order valence-corrected chi connectivity index (χ3v) is 4.20. The second-order valence-corrected chi connectivity index (χ2v) is 6.67. The Hall–Kier alpha value is -3.22. The number of nitrogens with one attached hydrogen (secondary N) is 1. The van der Waals surface area contributed by atoms with E-state index in [4.69, 9.17) is 4.74 Å². The summed E-state index contributed by atoms with van der Waals surface area (Å²) >= 11 is 0. The molecule has 0 saturated carbocycles. The van der Waals surface area contributed by atoms with Gasteiger partial charge in [-0.05, 0) is 41.3 Å². The second kappa shape index (κ2) is 7.99. The third kappa shape index (κ3) is 4.49. The molecule has 0 atom stereocenters. The zero-order valence-corrected chi connectivity index (χ0v) is 15.9. The van der Waals surface area contributed by atoms with E-state index in [0.717, 1.165) is 11.1 Å². The molecule has 1 heterocycles. The molecular formula is C20H23N5O2. The van der Waals surface area contributed by atoms with Crippen LogP contribution in [0.4, 0.5) is 5.69 Å². The highest BCUT2D eigenvalue weighted by Gasteiger charge is 2.12. The number of benzene rings is 2. The monoisotopic (exact) mass is 365 g/mol. The molecule has 3 rings (SSSR count). The van der Waals surface area contributed by atoms with Gasteiger partial charge in [0.15, 0.2) is 0 Å². The van der Waals surface area contributed by atoms with Crippen molar-refractivity contribution < 1.29 is 9.53 Å². The SMILES string of the molecule is COc1ccc(C)cc1NC(=O)Cn1nnc(-c2ccc(C(C)C)cc2)n1. The molecule has 1 aromatic heterocycles. The lowest BCUT2D eigenvalue weighted by Gasteiger charge is -2.10. The minimum Gasteiger partial charge on any atom is -0.495 e. The van der Waals surface area contributed by atoms with Crippen LogP contribution in [0.15, 0.2) is 42.5 Å². The Balaban J connectivity index is 1.68. The lowest BCUT2D eigenvalue weighted by molar-refractivity contribution is -0.117. The van der Waals surface area contributed by atoms with Crippen LogP contribution >= 0.6 is 0 Å². The number of methoxy groups -OCH3 is 1. The highest BCUT2D eigenvalue weighted by molar-refractivity contribution is 5.92. The molecule has 0 aliphatic heterocycles. The fourth-order valence-electron chi connectivity index (χ4n) is 2.68. The van der Waals surface area contributed by atoms with Crippen LogP contribution in [0.1, 0.15) is 30.9 Å². The number of aromatic nitrogens is 4. The van der Waals surface area contributed by atoms with Gasteiger partial charge in [-0.2, -0.15) is 4.80 Å². The zero-order chi connectivity index (χ0) is 19.4. The molecule has 0 saturated heterocycles. The molecule has 0 bridgehead atoms. The van der Waals surface area contributed by atoms with Gasteiger partial charge in [0.25, 0.3) is 0 Å². The number of tetrazole rings is 1. The van der Waals surface area contributed by atoms with E-state index in [0.29, 0.717) is 23.2 Å². The molecule has 1 N–H and O–H groups in total. The maximum atomic E-state index is 12.3. The number of amides is 1. The topological polar surface area (TPSA) is 81.9 Å². The molecular weight excluding hydrogens is 342 g/mol. The van der Waals surface area contributed by atoms with Gasteiger partial charge in [0.1, 0.15) is 12.3 Å². The lowest BCUT2D eigenvalue weighted by Crippen LogP contribution is -2.20. The minimum absolute atomic E-state index is 0.0336. The van der Waals surface area contributed by atoms with E-state index in [2.05, 4.69) is 46.7 Å². The summed E-state index contributed by atoms with van der Waals surface area (Å²) in [6.07, 6.45) is 0. The quantitative estimate of drug-likeness (QED) is 0.724. The normalized spacial score (nSPS) is 10.9. The van der Waals surface area contributed by atoms with Crippen LogP contribution in [0.5, 0.6) is 5.75 Å². The van der Waals surface area contributed by atoms with Crippen molar-refractivity contribution in [3.05, 3.63) is 53.6 Å². The average molecular weight is 365 g/mol. The van der Waals surface area contributed by atoms with E-state index in [9.17, 15) is 4.79 Å². The summed E-state index contributed by atoms with van der Waals surface area (Å²) in [5.74, 6) is 1.31. The number of hydrogen-bond donors (Lipinski definition) is 1. The molecule has 140 valence electrons. The first kappa shape index (κ1) is 18.6. The highest BCUT2D eigenvalue weighted by atomic mass is 16.5. The molecule has 0 radical (unpaired) electrons. The van der Waals surface area contributed by atoms with Crippen molar-refractivity contribution in [2.75, 3.05) is 12.4 Å². The van der Waals surface area contributed by atoms with Gasteiger partial charge in [-0.3, -0.25) is 4.79 Å². The molecule has 27 heavy (non-hydrogen) atoms. The Bertz CT molecular complexity index is 932. The van der Waals surface area contributed by atoms with Crippen LogP contribution in [-0.4, -0.2) is 33.2 Å². The van der Waals surface area contributed by atoms with Crippen molar-refractivity contribution in [1.29, 1.82) is 0 Å². The fourth-order valence-corrected chi connectivity index (χ4v) is 2.68. The molecule has 3 aromatic rings. The summed E-state index contributed by atoms with van der Waals surface area (Å²) in [7, 11) is 1.57. The summed E-state index contributed by atoms with van der Waals surface area (Å²) in [5, 5.41) is 15.1. The third-order valence-electron chi connectivity index (χ3n) is 4.20. The molecule has 0 spiro atoms. The first-order chi connectivity index (χ1) is 13.0. The predicted molar refractivity (Wildman–Crippen MR) is 104 cm³/mol. The van der Waals surface area contributed by atoms with Crippen LogP contribution < -0.4 is 10.1 Å². The lowest BCUT2D eigenvalue weighted by atomic mass is 10.0. The fraction of sp³-hybridized carbons (Fsp3) is 0.300. The number of anilines is 1. The summed E-state index contributed by atoms with van der Waals surface area (Å²) in [6, 6.07) is 13.6. The number of hydrogen-bond acceptors (Lipinski definition) is 5. The van der Waals surface area contributed by atoms with Crippen LogP contribution in [0.25, 0.3) is 11.4 Å². The molecule has 2 aromatic carbocycles. The Morgan fingerprint density at radius 3 is 2.59 bits per heavy atom. The minimum atomic E-state index is -0.252. The Morgan fingerprint density at radius 2 is 1.93 bits per heavy atom. The molecule has 0 aliphatic rings. The standard InChI is InChI=1S/C20H23N5O2/c1-13(2)15-6-8-16(9-7-15)20-22-24-25(23-20)12-19(26)21-17-11-14(3)5-10-18(17)27-4/h5-11,13H,12H2,1-4H3,(H,21,26). The molecule has 7 heteroatoms. The average Bonchev–Trinajstić information content (AvgIpc) is 3.10. The van der Waals surface area contributed by atoms with Crippen molar-refractivity contribution in [2.45, 2.75) is 33.2 Å². The number of nitrogens with zero attached hydrogens (tertiary/aromatic N) is 4. The van der Waals surface area contributed by atoms with E-state index in [1.807, 2.05) is 37.3 Å². The van der Waals surface area contributed by atoms with E-state index in [1.54, 1.807) is 7.11 Å². The number of carbonyl (C=O) groups excluding carboxylic acids is 1. The molecule has 0 unspecified atom stereocenters. The van der Waals surface area contributed by atoms with Crippen molar-refractivity contribution >= 4 is 11.6 Å². The van der Waals surface area contributed by atoms with Crippen molar-refractivity contribution in [3.8, 4) is 17.1 Å².